The summed E-state index contributed by atoms with van der Waals surface area (Å²) in [5.41, 5.74) is 3.59. The topological polar surface area (TPSA) is 102 Å². The van der Waals surface area contributed by atoms with Gasteiger partial charge in [0.05, 0.1) is 10.7 Å². The SMILES string of the molecule is Cc1cc(C)n(-c2ccc(Nc3ccc(NS(=O)(=O)c4cc(C)c(Cl)cc4Cl)cc3)nn2)n1. The highest BCUT2D eigenvalue weighted by Gasteiger charge is 2.19. The van der Waals surface area contributed by atoms with E-state index in [1.165, 1.54) is 12.1 Å². The van der Waals surface area contributed by atoms with Crippen molar-refractivity contribution in [3.8, 4) is 5.82 Å². The molecule has 0 radical (unpaired) electrons. The predicted molar refractivity (Wildman–Crippen MR) is 130 cm³/mol. The molecule has 0 aliphatic carbocycles. The lowest BCUT2D eigenvalue weighted by Gasteiger charge is -2.12. The minimum atomic E-state index is -3.88. The molecule has 170 valence electrons. The highest BCUT2D eigenvalue weighted by molar-refractivity contribution is 7.92. The van der Waals surface area contributed by atoms with Gasteiger partial charge in [-0.15, -0.1) is 10.2 Å². The van der Waals surface area contributed by atoms with Crippen LogP contribution in [0.1, 0.15) is 17.0 Å². The molecular weight excluding hydrogens is 483 g/mol. The van der Waals surface area contributed by atoms with E-state index >= 15 is 0 Å². The van der Waals surface area contributed by atoms with Gasteiger partial charge in [0.25, 0.3) is 10.0 Å². The second-order valence-electron chi connectivity index (χ2n) is 7.46. The van der Waals surface area contributed by atoms with E-state index in [0.29, 0.717) is 33.6 Å². The first-order valence-electron chi connectivity index (χ1n) is 9.85. The molecule has 0 saturated carbocycles. The van der Waals surface area contributed by atoms with Gasteiger partial charge in [-0.1, -0.05) is 23.2 Å². The molecule has 0 unspecified atom stereocenters. The maximum atomic E-state index is 12.8. The van der Waals surface area contributed by atoms with Crippen LogP contribution in [0.5, 0.6) is 0 Å². The monoisotopic (exact) mass is 502 g/mol. The van der Waals surface area contributed by atoms with Crippen LogP contribution in [0.25, 0.3) is 5.82 Å². The lowest BCUT2D eigenvalue weighted by molar-refractivity contribution is 0.601. The van der Waals surface area contributed by atoms with Gasteiger partial charge in [-0.2, -0.15) is 5.10 Å². The average molecular weight is 503 g/mol. The van der Waals surface area contributed by atoms with E-state index in [9.17, 15) is 8.42 Å². The van der Waals surface area contributed by atoms with Gasteiger partial charge < -0.3 is 5.32 Å². The summed E-state index contributed by atoms with van der Waals surface area (Å²) in [5.74, 6) is 1.16. The molecule has 4 rings (SSSR count). The van der Waals surface area contributed by atoms with E-state index in [0.717, 1.165) is 11.4 Å². The van der Waals surface area contributed by atoms with Gasteiger partial charge in [0.2, 0.25) is 0 Å². The van der Waals surface area contributed by atoms with Gasteiger partial charge in [0.1, 0.15) is 4.90 Å². The molecule has 0 atom stereocenters. The van der Waals surface area contributed by atoms with Gasteiger partial charge in [-0.05, 0) is 80.9 Å². The molecular formula is C22H20Cl2N6O2S. The smallest absolute Gasteiger partial charge is 0.263 e. The molecule has 2 aromatic heterocycles. The van der Waals surface area contributed by atoms with Crippen LogP contribution in [0.3, 0.4) is 0 Å². The first-order valence-corrected chi connectivity index (χ1v) is 12.1. The Labute approximate surface area is 201 Å². The molecule has 2 N–H and O–H groups in total. The third-order valence-electron chi connectivity index (χ3n) is 4.79. The number of hydrogen-bond acceptors (Lipinski definition) is 6. The number of aromatic nitrogens is 4. The summed E-state index contributed by atoms with van der Waals surface area (Å²) in [6.07, 6.45) is 0. The third kappa shape index (κ3) is 5.11. The molecule has 8 nitrogen and oxygen atoms in total. The highest BCUT2D eigenvalue weighted by atomic mass is 35.5. The number of hydrogen-bond donors (Lipinski definition) is 2. The molecule has 11 heteroatoms. The standard InChI is InChI=1S/C22H20Cl2N6O2S/c1-13-10-20(19(24)12-18(13)23)33(31,32)29-17-6-4-16(5-7-17)25-21-8-9-22(27-26-21)30-15(3)11-14(2)28-30/h4-12,29H,1-3H3,(H,25,26). The summed E-state index contributed by atoms with van der Waals surface area (Å²) in [4.78, 5) is -0.0359. The third-order valence-corrected chi connectivity index (χ3v) is 7.04. The van der Waals surface area contributed by atoms with Crippen molar-refractivity contribution in [3.05, 3.63) is 81.6 Å². The Hall–Kier alpha value is -3.14. The number of nitrogens with zero attached hydrogens (tertiary/aromatic N) is 4. The summed E-state index contributed by atoms with van der Waals surface area (Å²) in [7, 11) is -3.88. The molecule has 33 heavy (non-hydrogen) atoms. The van der Waals surface area contributed by atoms with Crippen molar-refractivity contribution < 1.29 is 8.42 Å². The fraction of sp³-hybridized carbons (Fsp3) is 0.136. The molecule has 4 aromatic rings. The van der Waals surface area contributed by atoms with E-state index in [1.807, 2.05) is 26.0 Å². The Kier molecular flexibility index (Phi) is 6.29. The van der Waals surface area contributed by atoms with Crippen molar-refractivity contribution in [2.24, 2.45) is 0 Å². The molecule has 0 fully saturated rings. The fourth-order valence-corrected chi connectivity index (χ4v) is 5.07. The van der Waals surface area contributed by atoms with E-state index in [1.54, 1.807) is 41.9 Å². The number of nitrogens with one attached hydrogen (secondary N) is 2. The maximum Gasteiger partial charge on any atom is 0.263 e. The van der Waals surface area contributed by atoms with Crippen molar-refractivity contribution in [1.29, 1.82) is 0 Å². The zero-order valence-corrected chi connectivity index (χ0v) is 20.3. The highest BCUT2D eigenvalue weighted by Crippen LogP contribution is 2.30. The van der Waals surface area contributed by atoms with Crippen LogP contribution in [0.15, 0.2) is 59.5 Å². The van der Waals surface area contributed by atoms with Gasteiger partial charge in [0.15, 0.2) is 11.6 Å². The van der Waals surface area contributed by atoms with Crippen LogP contribution in [0.4, 0.5) is 17.2 Å². The fourth-order valence-electron chi connectivity index (χ4n) is 3.18. The second kappa shape index (κ2) is 9.01. The van der Waals surface area contributed by atoms with Gasteiger partial charge in [0, 0.05) is 22.1 Å². The summed E-state index contributed by atoms with van der Waals surface area (Å²) >= 11 is 12.1. The molecule has 0 spiro atoms. The quantitative estimate of drug-likeness (QED) is 0.364. The van der Waals surface area contributed by atoms with Crippen LogP contribution in [-0.4, -0.2) is 28.4 Å². The maximum absolute atomic E-state index is 12.8. The number of halogens is 2. The van der Waals surface area contributed by atoms with Crippen molar-refractivity contribution in [1.82, 2.24) is 20.0 Å². The minimum absolute atomic E-state index is 0.0359. The number of benzene rings is 2. The summed E-state index contributed by atoms with van der Waals surface area (Å²) in [6.45, 7) is 5.58. The first-order chi connectivity index (χ1) is 15.6. The Morgan fingerprint density at radius 1 is 0.848 bits per heavy atom. The Balaban J connectivity index is 1.46. The average Bonchev–Trinajstić information content (AvgIpc) is 3.10. The Morgan fingerprint density at radius 3 is 2.15 bits per heavy atom. The zero-order chi connectivity index (χ0) is 23.8. The molecule has 2 aromatic carbocycles. The van der Waals surface area contributed by atoms with Crippen LogP contribution < -0.4 is 10.0 Å². The number of aryl methyl sites for hydroxylation is 3. The first kappa shape index (κ1) is 23.0. The minimum Gasteiger partial charge on any atom is -0.339 e. The normalized spacial score (nSPS) is 11.4. The van der Waals surface area contributed by atoms with E-state index in [2.05, 4.69) is 25.3 Å². The molecule has 0 saturated heterocycles. The molecule has 2 heterocycles. The van der Waals surface area contributed by atoms with Crippen LogP contribution in [-0.2, 0) is 10.0 Å². The largest absolute Gasteiger partial charge is 0.339 e. The van der Waals surface area contributed by atoms with Crippen molar-refractivity contribution in [3.63, 3.8) is 0 Å². The summed E-state index contributed by atoms with van der Waals surface area (Å²) < 4.78 is 29.8. The van der Waals surface area contributed by atoms with Crippen molar-refractivity contribution >= 4 is 50.4 Å². The van der Waals surface area contributed by atoms with E-state index in [-0.39, 0.29) is 9.92 Å². The molecule has 0 amide bonds. The number of sulfonamides is 1. The van der Waals surface area contributed by atoms with Crippen LogP contribution >= 0.6 is 23.2 Å². The molecule has 0 aliphatic rings. The van der Waals surface area contributed by atoms with Crippen LogP contribution in [0.2, 0.25) is 10.0 Å². The summed E-state index contributed by atoms with van der Waals surface area (Å²) in [6, 6.07) is 15.1. The van der Waals surface area contributed by atoms with Gasteiger partial charge >= 0.3 is 0 Å². The van der Waals surface area contributed by atoms with Crippen molar-refractivity contribution in [2.45, 2.75) is 25.7 Å². The van der Waals surface area contributed by atoms with E-state index < -0.39 is 10.0 Å². The molecule has 0 aliphatic heterocycles. The van der Waals surface area contributed by atoms with Crippen LogP contribution in [0, 0.1) is 20.8 Å². The second-order valence-corrected chi connectivity index (χ2v) is 9.92. The molecule has 0 bridgehead atoms. The van der Waals surface area contributed by atoms with E-state index in [4.69, 9.17) is 23.2 Å². The van der Waals surface area contributed by atoms with Gasteiger partial charge in [-0.25, -0.2) is 13.1 Å². The zero-order valence-electron chi connectivity index (χ0n) is 18.0. The van der Waals surface area contributed by atoms with Gasteiger partial charge in [-0.3, -0.25) is 4.72 Å². The lowest BCUT2D eigenvalue weighted by Crippen LogP contribution is -2.13. The number of anilines is 3. The number of rotatable bonds is 6. The lowest BCUT2D eigenvalue weighted by atomic mass is 10.2. The summed E-state index contributed by atoms with van der Waals surface area (Å²) in [5, 5.41) is 16.4. The predicted octanol–water partition coefficient (Wildman–Crippen LogP) is 5.44. The Morgan fingerprint density at radius 2 is 1.55 bits per heavy atom. The Bertz CT molecular complexity index is 1420. The van der Waals surface area contributed by atoms with Crippen molar-refractivity contribution in [2.75, 3.05) is 10.0 Å².